The zero-order valence-corrected chi connectivity index (χ0v) is 9.53. The number of carbonyl (C=O) groups excluding carboxylic acids is 1. The van der Waals surface area contributed by atoms with Gasteiger partial charge >= 0.3 is 5.63 Å². The van der Waals surface area contributed by atoms with Crippen LogP contribution < -0.4 is 11.4 Å². The van der Waals surface area contributed by atoms with Gasteiger partial charge in [0, 0.05) is 5.56 Å². The standard InChI is InChI=1S/C13H13NO3/c1-2-5-9-8-6-3-4-7-10(8)13(16)17-11(9)12(14)15/h3-4,6-7H,2,5H2,1H3,(H2,14,15). The highest BCUT2D eigenvalue weighted by Gasteiger charge is 2.16. The van der Waals surface area contributed by atoms with Crippen LogP contribution >= 0.6 is 0 Å². The van der Waals surface area contributed by atoms with E-state index in [-0.39, 0.29) is 5.76 Å². The highest BCUT2D eigenvalue weighted by Crippen LogP contribution is 2.20. The van der Waals surface area contributed by atoms with Crippen molar-refractivity contribution in [3.63, 3.8) is 0 Å². The summed E-state index contributed by atoms with van der Waals surface area (Å²) in [5, 5.41) is 1.24. The van der Waals surface area contributed by atoms with Crippen molar-refractivity contribution in [2.75, 3.05) is 0 Å². The summed E-state index contributed by atoms with van der Waals surface area (Å²) in [6, 6.07) is 7.08. The second kappa shape index (κ2) is 4.41. The molecule has 0 saturated carbocycles. The van der Waals surface area contributed by atoms with E-state index in [1.54, 1.807) is 12.1 Å². The van der Waals surface area contributed by atoms with Gasteiger partial charge < -0.3 is 10.2 Å². The molecule has 0 radical (unpaired) electrons. The maximum atomic E-state index is 11.7. The topological polar surface area (TPSA) is 73.3 Å². The van der Waals surface area contributed by atoms with Crippen LogP contribution in [-0.2, 0) is 6.42 Å². The number of aryl methyl sites for hydroxylation is 1. The Bertz CT molecular complexity index is 628. The Kier molecular flexibility index (Phi) is 2.95. The SMILES string of the molecule is CCCc1c(C(N)=O)oc(=O)c2ccccc12. The molecule has 2 N–H and O–H groups in total. The van der Waals surface area contributed by atoms with Gasteiger partial charge in [0.2, 0.25) is 0 Å². The molecule has 1 heterocycles. The first-order valence-corrected chi connectivity index (χ1v) is 5.49. The van der Waals surface area contributed by atoms with Crippen molar-refractivity contribution in [1.29, 1.82) is 0 Å². The van der Waals surface area contributed by atoms with Gasteiger partial charge in [0.1, 0.15) is 0 Å². The molecule has 0 spiro atoms. The van der Waals surface area contributed by atoms with Crippen LogP contribution in [0.1, 0.15) is 29.5 Å². The average molecular weight is 231 g/mol. The van der Waals surface area contributed by atoms with E-state index in [0.29, 0.717) is 11.8 Å². The first-order chi connectivity index (χ1) is 8.15. The van der Waals surface area contributed by atoms with E-state index >= 15 is 0 Å². The monoisotopic (exact) mass is 231 g/mol. The Labute approximate surface area is 98.0 Å². The van der Waals surface area contributed by atoms with Crippen LogP contribution in [0.4, 0.5) is 0 Å². The lowest BCUT2D eigenvalue weighted by molar-refractivity contribution is 0.0968. The molecule has 88 valence electrons. The maximum Gasteiger partial charge on any atom is 0.344 e. The number of benzene rings is 1. The van der Waals surface area contributed by atoms with Gasteiger partial charge in [-0.3, -0.25) is 4.79 Å². The average Bonchev–Trinajstić information content (AvgIpc) is 2.32. The predicted molar refractivity (Wildman–Crippen MR) is 65.0 cm³/mol. The molecule has 2 rings (SSSR count). The Hall–Kier alpha value is -2.10. The predicted octanol–water partition coefficient (Wildman–Crippen LogP) is 1.84. The molecule has 4 heteroatoms. The lowest BCUT2D eigenvalue weighted by Gasteiger charge is -2.07. The zero-order valence-electron chi connectivity index (χ0n) is 9.53. The molecule has 0 bridgehead atoms. The second-order valence-corrected chi connectivity index (χ2v) is 3.86. The molecule has 0 fully saturated rings. The number of hydrogen-bond donors (Lipinski definition) is 1. The maximum absolute atomic E-state index is 11.7. The van der Waals surface area contributed by atoms with Crippen molar-refractivity contribution < 1.29 is 9.21 Å². The van der Waals surface area contributed by atoms with E-state index in [1.807, 2.05) is 19.1 Å². The Morgan fingerprint density at radius 1 is 1.29 bits per heavy atom. The summed E-state index contributed by atoms with van der Waals surface area (Å²) in [5.74, 6) is -0.716. The fourth-order valence-corrected chi connectivity index (χ4v) is 1.95. The van der Waals surface area contributed by atoms with Crippen LogP contribution in [0.15, 0.2) is 33.5 Å². The van der Waals surface area contributed by atoms with Crippen LogP contribution in [0.25, 0.3) is 10.8 Å². The van der Waals surface area contributed by atoms with Crippen LogP contribution in [0.2, 0.25) is 0 Å². The van der Waals surface area contributed by atoms with Gasteiger partial charge in [0.15, 0.2) is 5.76 Å². The Morgan fingerprint density at radius 2 is 1.94 bits per heavy atom. The lowest BCUT2D eigenvalue weighted by atomic mass is 10.0. The Morgan fingerprint density at radius 3 is 2.53 bits per heavy atom. The molecule has 0 saturated heterocycles. The number of carbonyl (C=O) groups is 1. The summed E-state index contributed by atoms with van der Waals surface area (Å²) in [5.41, 5.74) is 5.43. The molecular weight excluding hydrogens is 218 g/mol. The first-order valence-electron chi connectivity index (χ1n) is 5.49. The van der Waals surface area contributed by atoms with E-state index in [0.717, 1.165) is 17.4 Å². The fourth-order valence-electron chi connectivity index (χ4n) is 1.95. The fraction of sp³-hybridized carbons (Fsp3) is 0.231. The first kappa shape index (κ1) is 11.4. The molecule has 0 aliphatic rings. The number of amides is 1. The van der Waals surface area contributed by atoms with E-state index in [9.17, 15) is 9.59 Å². The number of fused-ring (bicyclic) bond motifs is 1. The molecule has 0 unspecified atom stereocenters. The highest BCUT2D eigenvalue weighted by molar-refractivity contribution is 5.97. The van der Waals surface area contributed by atoms with E-state index < -0.39 is 11.5 Å². The van der Waals surface area contributed by atoms with Crippen molar-refractivity contribution >= 4 is 16.7 Å². The molecule has 1 aromatic heterocycles. The molecule has 0 atom stereocenters. The van der Waals surface area contributed by atoms with Gasteiger partial charge in [-0.25, -0.2) is 4.79 Å². The highest BCUT2D eigenvalue weighted by atomic mass is 16.4. The molecule has 1 amide bonds. The molecular formula is C13H13NO3. The van der Waals surface area contributed by atoms with Crippen molar-refractivity contribution in [2.24, 2.45) is 5.73 Å². The molecule has 0 aliphatic heterocycles. The largest absolute Gasteiger partial charge is 0.417 e. The van der Waals surface area contributed by atoms with Crippen molar-refractivity contribution in [3.8, 4) is 0 Å². The van der Waals surface area contributed by atoms with Crippen molar-refractivity contribution in [3.05, 3.63) is 46.0 Å². The molecule has 17 heavy (non-hydrogen) atoms. The third-order valence-corrected chi connectivity index (χ3v) is 2.66. The van der Waals surface area contributed by atoms with Crippen molar-refractivity contribution in [1.82, 2.24) is 0 Å². The van der Waals surface area contributed by atoms with Crippen LogP contribution in [0.5, 0.6) is 0 Å². The third kappa shape index (κ3) is 1.93. The van der Waals surface area contributed by atoms with Crippen molar-refractivity contribution in [2.45, 2.75) is 19.8 Å². The molecule has 0 aliphatic carbocycles. The number of nitrogens with two attached hydrogens (primary N) is 1. The van der Waals surface area contributed by atoms with Gasteiger partial charge in [-0.15, -0.1) is 0 Å². The molecule has 4 nitrogen and oxygen atoms in total. The minimum Gasteiger partial charge on any atom is -0.417 e. The van der Waals surface area contributed by atoms with Crippen LogP contribution in [-0.4, -0.2) is 5.91 Å². The lowest BCUT2D eigenvalue weighted by Crippen LogP contribution is -2.18. The number of primary amides is 1. The van der Waals surface area contributed by atoms with Gasteiger partial charge in [-0.1, -0.05) is 31.5 Å². The molecule has 2 aromatic rings. The van der Waals surface area contributed by atoms with Gasteiger partial charge in [-0.05, 0) is 17.9 Å². The number of hydrogen-bond acceptors (Lipinski definition) is 3. The normalized spacial score (nSPS) is 10.6. The summed E-state index contributed by atoms with van der Waals surface area (Å²) in [6.07, 6.45) is 1.50. The van der Waals surface area contributed by atoms with Gasteiger partial charge in [0.05, 0.1) is 5.39 Å². The second-order valence-electron chi connectivity index (χ2n) is 3.86. The number of rotatable bonds is 3. The van der Waals surface area contributed by atoms with E-state index in [2.05, 4.69) is 0 Å². The Balaban J connectivity index is 2.87. The van der Waals surface area contributed by atoms with Gasteiger partial charge in [0.25, 0.3) is 5.91 Å². The summed E-state index contributed by atoms with van der Waals surface area (Å²) in [6.45, 7) is 1.99. The third-order valence-electron chi connectivity index (χ3n) is 2.66. The summed E-state index contributed by atoms with van der Waals surface area (Å²) < 4.78 is 5.01. The van der Waals surface area contributed by atoms with Crippen LogP contribution in [0.3, 0.4) is 0 Å². The summed E-state index contributed by atoms with van der Waals surface area (Å²) >= 11 is 0. The van der Waals surface area contributed by atoms with E-state index in [4.69, 9.17) is 10.2 Å². The smallest absolute Gasteiger partial charge is 0.344 e. The minimum absolute atomic E-state index is 0.0180. The van der Waals surface area contributed by atoms with E-state index in [1.165, 1.54) is 0 Å². The summed E-state index contributed by atoms with van der Waals surface area (Å²) in [7, 11) is 0. The summed E-state index contributed by atoms with van der Waals surface area (Å²) in [4.78, 5) is 23.0. The molecule has 1 aromatic carbocycles. The van der Waals surface area contributed by atoms with Gasteiger partial charge in [-0.2, -0.15) is 0 Å². The minimum atomic E-state index is -0.698. The van der Waals surface area contributed by atoms with Crippen LogP contribution in [0, 0.1) is 0 Å². The quantitative estimate of drug-likeness (QED) is 0.875. The zero-order chi connectivity index (χ0) is 12.4.